The van der Waals surface area contributed by atoms with Crippen molar-refractivity contribution < 1.29 is 24.2 Å². The minimum absolute atomic E-state index is 0.319. The Morgan fingerprint density at radius 3 is 2.24 bits per heavy atom. The molecule has 1 N–H and O–H groups in total. The van der Waals surface area contributed by atoms with Crippen LogP contribution in [0.4, 0.5) is 0 Å². The number of aliphatic hydroxyl groups is 1. The zero-order valence-corrected chi connectivity index (χ0v) is 18.6. The molecule has 1 rings (SSSR count). The smallest absolute Gasteiger partial charge is 0.334 e. The fourth-order valence-corrected chi connectivity index (χ4v) is 3.64. The van der Waals surface area contributed by atoms with E-state index >= 15 is 0 Å². The Bertz CT molecular complexity index is 486. The predicted molar refractivity (Wildman–Crippen MR) is 116 cm³/mol. The average molecular weight is 411 g/mol. The van der Waals surface area contributed by atoms with Gasteiger partial charge in [-0.15, -0.1) is 0 Å². The van der Waals surface area contributed by atoms with Gasteiger partial charge >= 0.3 is 11.9 Å². The maximum atomic E-state index is 12.1. The molecular formula is C24H42O5. The molecule has 0 aromatic carbocycles. The zero-order chi connectivity index (χ0) is 21.3. The second-order valence-electron chi connectivity index (χ2n) is 8.16. The Kier molecular flexibility index (Phi) is 14.6. The molecule has 0 amide bonds. The quantitative estimate of drug-likeness (QED) is 0.191. The van der Waals surface area contributed by atoms with Gasteiger partial charge in [-0.25, -0.2) is 4.79 Å². The van der Waals surface area contributed by atoms with E-state index in [2.05, 4.69) is 13.8 Å². The Morgan fingerprint density at radius 2 is 1.62 bits per heavy atom. The standard InChI is InChI=1S/C24H42O5/c1-3-5-7-9-11-12-14-16-20-18-21(29-24(20)27)22(19-25)28-23(26)17-15-13-10-8-6-4-2/h16,21-22,25H,3-15,17-19H2,1-2H3/b20-16+/t21-,22-/m1/s1. The van der Waals surface area contributed by atoms with Crippen LogP contribution in [-0.4, -0.2) is 35.9 Å². The van der Waals surface area contributed by atoms with Crippen molar-refractivity contribution in [2.24, 2.45) is 0 Å². The third-order valence-corrected chi connectivity index (χ3v) is 5.50. The highest BCUT2D eigenvalue weighted by Crippen LogP contribution is 2.25. The third kappa shape index (κ3) is 11.4. The first-order valence-electron chi connectivity index (χ1n) is 11.8. The highest BCUT2D eigenvalue weighted by Gasteiger charge is 2.36. The molecule has 1 saturated heterocycles. The number of hydrogen-bond donors (Lipinski definition) is 1. The van der Waals surface area contributed by atoms with Crippen LogP contribution in [0, 0.1) is 0 Å². The molecule has 0 unspecified atom stereocenters. The highest BCUT2D eigenvalue weighted by atomic mass is 16.6. The van der Waals surface area contributed by atoms with Crippen LogP contribution in [0.25, 0.3) is 0 Å². The van der Waals surface area contributed by atoms with E-state index in [1.807, 2.05) is 6.08 Å². The molecule has 5 nitrogen and oxygen atoms in total. The third-order valence-electron chi connectivity index (χ3n) is 5.50. The number of rotatable bonds is 17. The number of allylic oxidation sites excluding steroid dienone is 1. The maximum Gasteiger partial charge on any atom is 0.334 e. The first-order valence-corrected chi connectivity index (χ1v) is 11.8. The first kappa shape index (κ1) is 25.7. The number of unbranched alkanes of at least 4 members (excludes halogenated alkanes) is 11. The molecule has 0 aromatic heterocycles. The molecule has 0 saturated carbocycles. The normalized spacial score (nSPS) is 18.8. The minimum atomic E-state index is -0.772. The molecule has 29 heavy (non-hydrogen) atoms. The van der Waals surface area contributed by atoms with Crippen LogP contribution in [0.1, 0.15) is 110 Å². The second-order valence-corrected chi connectivity index (χ2v) is 8.16. The Hall–Kier alpha value is -1.36. The molecule has 0 aromatic rings. The van der Waals surface area contributed by atoms with Gasteiger partial charge in [0.1, 0.15) is 6.10 Å². The van der Waals surface area contributed by atoms with E-state index < -0.39 is 12.2 Å². The van der Waals surface area contributed by atoms with E-state index in [-0.39, 0.29) is 18.5 Å². The number of aliphatic hydroxyl groups excluding tert-OH is 1. The number of ether oxygens (including phenoxy) is 2. The van der Waals surface area contributed by atoms with Crippen molar-refractivity contribution in [2.45, 2.75) is 122 Å². The van der Waals surface area contributed by atoms with E-state index in [1.54, 1.807) is 0 Å². The average Bonchev–Trinajstić information content (AvgIpc) is 3.08. The summed E-state index contributed by atoms with van der Waals surface area (Å²) in [5.74, 6) is -0.661. The number of hydrogen-bond acceptors (Lipinski definition) is 5. The van der Waals surface area contributed by atoms with Gasteiger partial charge in [0.2, 0.25) is 0 Å². The van der Waals surface area contributed by atoms with Crippen LogP contribution in [0.15, 0.2) is 11.6 Å². The van der Waals surface area contributed by atoms with Crippen molar-refractivity contribution in [3.63, 3.8) is 0 Å². The largest absolute Gasteiger partial charge is 0.456 e. The molecule has 1 fully saturated rings. The number of carbonyl (C=O) groups excluding carboxylic acids is 2. The topological polar surface area (TPSA) is 72.8 Å². The molecule has 1 aliphatic heterocycles. The molecule has 0 bridgehead atoms. The van der Waals surface area contributed by atoms with Crippen LogP contribution in [0.3, 0.4) is 0 Å². The van der Waals surface area contributed by atoms with Crippen molar-refractivity contribution in [3.05, 3.63) is 11.6 Å². The van der Waals surface area contributed by atoms with Gasteiger partial charge in [-0.2, -0.15) is 0 Å². The molecule has 168 valence electrons. The van der Waals surface area contributed by atoms with Crippen molar-refractivity contribution in [1.29, 1.82) is 0 Å². The summed E-state index contributed by atoms with van der Waals surface area (Å²) in [7, 11) is 0. The van der Waals surface area contributed by atoms with Crippen LogP contribution < -0.4 is 0 Å². The molecule has 0 radical (unpaired) electrons. The molecule has 0 aliphatic carbocycles. The number of esters is 2. The lowest BCUT2D eigenvalue weighted by atomic mass is 10.0. The van der Waals surface area contributed by atoms with Gasteiger partial charge in [0.15, 0.2) is 6.10 Å². The molecule has 1 heterocycles. The van der Waals surface area contributed by atoms with Crippen molar-refractivity contribution in [3.8, 4) is 0 Å². The van der Waals surface area contributed by atoms with Gasteiger partial charge < -0.3 is 14.6 Å². The van der Waals surface area contributed by atoms with Gasteiger partial charge in [-0.1, -0.05) is 84.1 Å². The lowest BCUT2D eigenvalue weighted by Crippen LogP contribution is -2.34. The maximum absolute atomic E-state index is 12.1. The summed E-state index contributed by atoms with van der Waals surface area (Å²) in [6.07, 6.45) is 16.1. The van der Waals surface area contributed by atoms with Gasteiger partial charge in [-0.3, -0.25) is 4.79 Å². The molecule has 1 aliphatic rings. The van der Waals surface area contributed by atoms with Gasteiger partial charge in [-0.05, 0) is 19.3 Å². The predicted octanol–water partition coefficient (Wildman–Crippen LogP) is 5.63. The van der Waals surface area contributed by atoms with Crippen LogP contribution in [0.5, 0.6) is 0 Å². The lowest BCUT2D eigenvalue weighted by molar-refractivity contribution is -0.164. The summed E-state index contributed by atoms with van der Waals surface area (Å²) in [5.41, 5.74) is 0.647. The summed E-state index contributed by atoms with van der Waals surface area (Å²) < 4.78 is 10.8. The number of cyclic esters (lactones) is 1. The lowest BCUT2D eigenvalue weighted by Gasteiger charge is -2.20. The van der Waals surface area contributed by atoms with E-state index in [4.69, 9.17) is 9.47 Å². The molecule has 0 spiro atoms. The summed E-state index contributed by atoms with van der Waals surface area (Å²) in [5, 5.41) is 9.61. The van der Waals surface area contributed by atoms with Gasteiger partial charge in [0.25, 0.3) is 0 Å². The molecule has 5 heteroatoms. The van der Waals surface area contributed by atoms with E-state index in [0.717, 1.165) is 32.1 Å². The van der Waals surface area contributed by atoms with E-state index in [1.165, 1.54) is 51.4 Å². The van der Waals surface area contributed by atoms with Crippen molar-refractivity contribution in [2.75, 3.05) is 6.61 Å². The Morgan fingerprint density at radius 1 is 1.03 bits per heavy atom. The second kappa shape index (κ2) is 16.4. The fraction of sp³-hybridized carbons (Fsp3) is 0.833. The Balaban J connectivity index is 2.29. The zero-order valence-electron chi connectivity index (χ0n) is 18.6. The van der Waals surface area contributed by atoms with Crippen LogP contribution >= 0.6 is 0 Å². The van der Waals surface area contributed by atoms with Gasteiger partial charge in [0, 0.05) is 18.4 Å². The fourth-order valence-electron chi connectivity index (χ4n) is 3.64. The monoisotopic (exact) mass is 410 g/mol. The SMILES string of the molecule is CCCCCCCC/C=C1\C[C@H]([C@@H](CO)OC(=O)CCCCCCCC)OC1=O. The first-order chi connectivity index (χ1) is 14.1. The Labute approximate surface area is 177 Å². The summed E-state index contributed by atoms with van der Waals surface area (Å²) >= 11 is 0. The summed E-state index contributed by atoms with van der Waals surface area (Å²) in [6, 6.07) is 0. The van der Waals surface area contributed by atoms with E-state index in [9.17, 15) is 14.7 Å². The van der Waals surface area contributed by atoms with Gasteiger partial charge in [0.05, 0.1) is 6.61 Å². The number of carbonyl (C=O) groups is 2. The molecular weight excluding hydrogens is 368 g/mol. The van der Waals surface area contributed by atoms with Crippen molar-refractivity contribution >= 4 is 11.9 Å². The van der Waals surface area contributed by atoms with E-state index in [0.29, 0.717) is 18.4 Å². The molecule has 2 atom stereocenters. The minimum Gasteiger partial charge on any atom is -0.456 e. The van der Waals surface area contributed by atoms with Crippen molar-refractivity contribution in [1.82, 2.24) is 0 Å². The van der Waals surface area contributed by atoms with Crippen LogP contribution in [-0.2, 0) is 19.1 Å². The summed E-state index contributed by atoms with van der Waals surface area (Å²) in [4.78, 5) is 24.1. The highest BCUT2D eigenvalue weighted by molar-refractivity contribution is 5.90. The van der Waals surface area contributed by atoms with Crippen LogP contribution in [0.2, 0.25) is 0 Å². The summed E-state index contributed by atoms with van der Waals surface area (Å²) in [6.45, 7) is 4.06.